The Hall–Kier alpha value is -1.69. The van der Waals surface area contributed by atoms with Crippen molar-refractivity contribution in [2.45, 2.75) is 20.5 Å². The van der Waals surface area contributed by atoms with Gasteiger partial charge in [0.1, 0.15) is 11.3 Å². The molecule has 0 aliphatic heterocycles. The lowest BCUT2D eigenvalue weighted by atomic mass is 10.2. The van der Waals surface area contributed by atoms with Gasteiger partial charge in [0, 0.05) is 11.8 Å². The molecule has 2 aromatic heterocycles. The number of hydrogen-bond acceptors (Lipinski definition) is 6. The third-order valence-corrected chi connectivity index (χ3v) is 2.86. The van der Waals surface area contributed by atoms with E-state index in [9.17, 15) is 0 Å². The second-order valence-corrected chi connectivity index (χ2v) is 4.14. The largest absolute Gasteiger partial charge is 0.496 e. The third-order valence-electron chi connectivity index (χ3n) is 2.34. The van der Waals surface area contributed by atoms with Gasteiger partial charge in [-0.05, 0) is 25.4 Å². The van der Waals surface area contributed by atoms with Gasteiger partial charge in [-0.15, -0.1) is 0 Å². The van der Waals surface area contributed by atoms with Crippen molar-refractivity contribution in [3.8, 4) is 11.6 Å². The molecule has 0 saturated carbocycles. The van der Waals surface area contributed by atoms with Crippen LogP contribution in [0.15, 0.2) is 11.7 Å². The van der Waals surface area contributed by atoms with Crippen molar-refractivity contribution < 1.29 is 9.47 Å². The average Bonchev–Trinajstić information content (AvgIpc) is 2.82. The predicted octanol–water partition coefficient (Wildman–Crippen LogP) is 2.14. The molecule has 0 aliphatic carbocycles. The second-order valence-electron chi connectivity index (χ2n) is 3.54. The first-order valence-corrected chi connectivity index (χ1v) is 5.94. The van der Waals surface area contributed by atoms with Gasteiger partial charge in [0.25, 0.3) is 0 Å². The smallest absolute Gasteiger partial charge is 0.220 e. The third kappa shape index (κ3) is 2.52. The topological polar surface area (TPSA) is 57.1 Å². The fourth-order valence-electron chi connectivity index (χ4n) is 1.55. The molecule has 0 N–H and O–H groups in total. The van der Waals surface area contributed by atoms with E-state index in [0.717, 1.165) is 16.9 Å². The predicted molar refractivity (Wildman–Crippen MR) is 64.5 cm³/mol. The summed E-state index contributed by atoms with van der Waals surface area (Å²) in [5, 5.41) is 0. The lowest BCUT2D eigenvalue weighted by Gasteiger charge is -2.11. The molecule has 17 heavy (non-hydrogen) atoms. The highest BCUT2D eigenvalue weighted by atomic mass is 32.1. The van der Waals surface area contributed by atoms with Crippen molar-refractivity contribution in [3.05, 3.63) is 28.7 Å². The summed E-state index contributed by atoms with van der Waals surface area (Å²) in [7, 11) is 1.64. The quantitative estimate of drug-likeness (QED) is 0.833. The fourth-order valence-corrected chi connectivity index (χ4v) is 1.99. The van der Waals surface area contributed by atoms with Crippen molar-refractivity contribution in [3.63, 3.8) is 0 Å². The molecule has 2 aromatic rings. The van der Waals surface area contributed by atoms with Crippen molar-refractivity contribution in [1.29, 1.82) is 0 Å². The number of ether oxygens (including phenoxy) is 2. The molecule has 0 radical (unpaired) electrons. The van der Waals surface area contributed by atoms with Gasteiger partial charge >= 0.3 is 0 Å². The molecular weight excluding hydrogens is 238 g/mol. The van der Waals surface area contributed by atoms with Gasteiger partial charge in [-0.2, -0.15) is 4.37 Å². The lowest BCUT2D eigenvalue weighted by Crippen LogP contribution is -2.02. The molecule has 0 amide bonds. The summed E-state index contributed by atoms with van der Waals surface area (Å²) in [5.74, 6) is 2.03. The van der Waals surface area contributed by atoms with Crippen molar-refractivity contribution in [2.24, 2.45) is 0 Å². The summed E-state index contributed by atoms with van der Waals surface area (Å²) in [6.45, 7) is 4.19. The van der Waals surface area contributed by atoms with Gasteiger partial charge in [-0.3, -0.25) is 0 Å². The Balaban J connectivity index is 2.16. The maximum absolute atomic E-state index is 5.57. The molecule has 0 fully saturated rings. The van der Waals surface area contributed by atoms with E-state index in [1.54, 1.807) is 18.8 Å². The zero-order valence-corrected chi connectivity index (χ0v) is 10.7. The van der Waals surface area contributed by atoms with Crippen LogP contribution < -0.4 is 9.47 Å². The minimum atomic E-state index is 0.323. The van der Waals surface area contributed by atoms with Crippen LogP contribution in [0.5, 0.6) is 11.6 Å². The SMILES string of the molecule is COc1c(C)cnc(OCc2ncsn2)c1C. The molecule has 0 atom stereocenters. The number of hydrogen-bond donors (Lipinski definition) is 0. The summed E-state index contributed by atoms with van der Waals surface area (Å²) in [5.41, 5.74) is 3.56. The summed E-state index contributed by atoms with van der Waals surface area (Å²) >= 11 is 1.30. The first-order chi connectivity index (χ1) is 8.22. The van der Waals surface area contributed by atoms with Crippen LogP contribution in [0.4, 0.5) is 0 Å². The van der Waals surface area contributed by atoms with E-state index in [0.29, 0.717) is 18.3 Å². The van der Waals surface area contributed by atoms with Crippen LogP contribution in [0.2, 0.25) is 0 Å². The van der Waals surface area contributed by atoms with Crippen LogP contribution in [0.25, 0.3) is 0 Å². The summed E-state index contributed by atoms with van der Waals surface area (Å²) < 4.78 is 14.9. The van der Waals surface area contributed by atoms with Crippen LogP contribution in [-0.2, 0) is 6.61 Å². The molecule has 90 valence electrons. The first kappa shape index (κ1) is 11.8. The number of methoxy groups -OCH3 is 1. The molecule has 2 heterocycles. The van der Waals surface area contributed by atoms with Gasteiger partial charge in [-0.25, -0.2) is 9.97 Å². The van der Waals surface area contributed by atoms with Crippen molar-refractivity contribution in [1.82, 2.24) is 14.3 Å². The number of pyridine rings is 1. The van der Waals surface area contributed by atoms with E-state index in [1.165, 1.54) is 11.5 Å². The van der Waals surface area contributed by atoms with E-state index >= 15 is 0 Å². The van der Waals surface area contributed by atoms with Crippen LogP contribution in [-0.4, -0.2) is 21.5 Å². The van der Waals surface area contributed by atoms with Crippen LogP contribution in [0, 0.1) is 13.8 Å². The summed E-state index contributed by atoms with van der Waals surface area (Å²) in [6, 6.07) is 0. The Morgan fingerprint density at radius 2 is 2.12 bits per heavy atom. The molecular formula is C11H13N3O2S. The number of aryl methyl sites for hydroxylation is 1. The Kier molecular flexibility index (Phi) is 3.53. The lowest BCUT2D eigenvalue weighted by molar-refractivity contribution is 0.280. The summed E-state index contributed by atoms with van der Waals surface area (Å²) in [4.78, 5) is 8.28. The van der Waals surface area contributed by atoms with Gasteiger partial charge in [0.05, 0.1) is 12.7 Å². The Morgan fingerprint density at radius 3 is 2.76 bits per heavy atom. The molecule has 2 rings (SSSR count). The van der Waals surface area contributed by atoms with E-state index in [1.807, 2.05) is 13.8 Å². The first-order valence-electron chi connectivity index (χ1n) is 5.10. The standard InChI is InChI=1S/C11H13N3O2S/c1-7-4-12-11(8(2)10(7)15-3)16-5-9-13-6-17-14-9/h4,6H,5H2,1-3H3. The van der Waals surface area contributed by atoms with E-state index in [4.69, 9.17) is 9.47 Å². The zero-order valence-electron chi connectivity index (χ0n) is 9.93. The Bertz CT molecular complexity index is 500. The number of rotatable bonds is 4. The molecule has 5 nitrogen and oxygen atoms in total. The molecule has 0 saturated heterocycles. The van der Waals surface area contributed by atoms with Crippen molar-refractivity contribution >= 4 is 11.5 Å². The maximum atomic E-state index is 5.57. The minimum Gasteiger partial charge on any atom is -0.496 e. The Morgan fingerprint density at radius 1 is 1.29 bits per heavy atom. The highest BCUT2D eigenvalue weighted by molar-refractivity contribution is 7.03. The van der Waals surface area contributed by atoms with E-state index < -0.39 is 0 Å². The zero-order chi connectivity index (χ0) is 12.3. The Labute approximate surface area is 104 Å². The molecule has 0 spiro atoms. The molecule has 6 heteroatoms. The van der Waals surface area contributed by atoms with E-state index in [-0.39, 0.29) is 0 Å². The minimum absolute atomic E-state index is 0.323. The van der Waals surface area contributed by atoms with E-state index in [2.05, 4.69) is 14.3 Å². The fraction of sp³-hybridized carbons (Fsp3) is 0.364. The molecule has 0 bridgehead atoms. The second kappa shape index (κ2) is 5.09. The highest BCUT2D eigenvalue weighted by Crippen LogP contribution is 2.28. The monoisotopic (exact) mass is 251 g/mol. The van der Waals surface area contributed by atoms with Crippen molar-refractivity contribution in [2.75, 3.05) is 7.11 Å². The van der Waals surface area contributed by atoms with Gasteiger partial charge in [-0.1, -0.05) is 0 Å². The van der Waals surface area contributed by atoms with Crippen LogP contribution >= 0.6 is 11.5 Å². The molecule has 0 aliphatic rings. The number of aromatic nitrogens is 3. The van der Waals surface area contributed by atoms with Gasteiger partial charge < -0.3 is 9.47 Å². The maximum Gasteiger partial charge on any atom is 0.220 e. The normalized spacial score (nSPS) is 10.3. The molecule has 0 unspecified atom stereocenters. The van der Waals surface area contributed by atoms with Crippen LogP contribution in [0.1, 0.15) is 17.0 Å². The van der Waals surface area contributed by atoms with Gasteiger partial charge in [0.15, 0.2) is 12.4 Å². The molecule has 0 aromatic carbocycles. The summed E-state index contributed by atoms with van der Waals surface area (Å²) in [6.07, 6.45) is 1.73. The highest BCUT2D eigenvalue weighted by Gasteiger charge is 2.11. The van der Waals surface area contributed by atoms with Crippen LogP contribution in [0.3, 0.4) is 0 Å². The average molecular weight is 251 g/mol. The number of nitrogens with zero attached hydrogens (tertiary/aromatic N) is 3. The van der Waals surface area contributed by atoms with Gasteiger partial charge in [0.2, 0.25) is 5.88 Å².